The van der Waals surface area contributed by atoms with Crippen molar-refractivity contribution in [1.82, 2.24) is 29.9 Å². The summed E-state index contributed by atoms with van der Waals surface area (Å²) in [6.45, 7) is 1.66. The van der Waals surface area contributed by atoms with Crippen LogP contribution in [0.15, 0.2) is 108 Å². The van der Waals surface area contributed by atoms with Gasteiger partial charge in [-0.1, -0.05) is 65.5 Å². The molecule has 55 heavy (non-hydrogen) atoms. The minimum atomic E-state index is -0.488. The molecule has 6 aromatic rings. The van der Waals surface area contributed by atoms with Crippen LogP contribution in [0.3, 0.4) is 0 Å². The van der Waals surface area contributed by atoms with Crippen LogP contribution in [0, 0.1) is 0 Å². The molecule has 13 nitrogen and oxygen atoms in total. The van der Waals surface area contributed by atoms with Gasteiger partial charge >= 0.3 is 0 Å². The fraction of sp³-hybridized carbons (Fsp3) is 0.244. The van der Waals surface area contributed by atoms with Gasteiger partial charge in [-0.15, -0.1) is 5.10 Å². The molecule has 0 aliphatic rings. The van der Waals surface area contributed by atoms with E-state index in [2.05, 4.69) is 20.5 Å². The van der Waals surface area contributed by atoms with Gasteiger partial charge in [0, 0.05) is 23.5 Å². The minimum absolute atomic E-state index is 0.0736. The van der Waals surface area contributed by atoms with Crippen molar-refractivity contribution in [1.29, 1.82) is 0 Å². The standard InChI is InChI=1S/C41H43N7O6S/c1-47(2)22-23-55-41-43-39(53-26-29-8-18-34(51-4)19-9-29)37(40(44-41)54-27-30-10-20-35(52-5)21-11-30)38(49)42-32-14-12-31(13-15-32)36-25-48(46-45-36)24-28-6-16-33(50-3)17-7-28/h6-21,25H,22-24,26-27H2,1-5H3,(H,42,49). The number of nitrogens with one attached hydrogen (secondary N) is 1. The smallest absolute Gasteiger partial charge is 0.266 e. The molecular formula is C41H43N7O6S. The first kappa shape index (κ1) is 38.6. The molecule has 0 fully saturated rings. The van der Waals surface area contributed by atoms with Gasteiger partial charge in [0.1, 0.15) is 36.2 Å². The first-order chi connectivity index (χ1) is 26.8. The average Bonchev–Trinajstić information content (AvgIpc) is 3.68. The molecular weight excluding hydrogens is 719 g/mol. The number of aromatic nitrogens is 5. The summed E-state index contributed by atoms with van der Waals surface area (Å²) in [6.07, 6.45) is 1.88. The van der Waals surface area contributed by atoms with Crippen LogP contribution in [-0.2, 0) is 19.8 Å². The van der Waals surface area contributed by atoms with Crippen molar-refractivity contribution in [2.24, 2.45) is 0 Å². The first-order valence-corrected chi connectivity index (χ1v) is 18.4. The van der Waals surface area contributed by atoms with E-state index in [9.17, 15) is 4.79 Å². The number of rotatable bonds is 18. The molecule has 2 heterocycles. The van der Waals surface area contributed by atoms with Gasteiger partial charge in [0.2, 0.25) is 11.8 Å². The molecule has 14 heteroatoms. The van der Waals surface area contributed by atoms with Crippen LogP contribution in [0.2, 0.25) is 0 Å². The van der Waals surface area contributed by atoms with E-state index >= 15 is 0 Å². The van der Waals surface area contributed by atoms with Gasteiger partial charge in [-0.2, -0.15) is 9.97 Å². The molecule has 0 atom stereocenters. The van der Waals surface area contributed by atoms with E-state index in [1.54, 1.807) is 38.1 Å². The lowest BCUT2D eigenvalue weighted by atomic mass is 10.1. The van der Waals surface area contributed by atoms with E-state index in [0.29, 0.717) is 23.1 Å². The number of nitrogens with zero attached hydrogens (tertiary/aromatic N) is 6. The van der Waals surface area contributed by atoms with Crippen LogP contribution in [0.4, 0.5) is 5.69 Å². The van der Waals surface area contributed by atoms with Crippen molar-refractivity contribution in [3.63, 3.8) is 0 Å². The predicted octanol–water partition coefficient (Wildman–Crippen LogP) is 6.87. The molecule has 0 radical (unpaired) electrons. The Kier molecular flexibility index (Phi) is 13.2. The van der Waals surface area contributed by atoms with E-state index in [1.165, 1.54) is 11.8 Å². The van der Waals surface area contributed by atoms with Gasteiger partial charge in [-0.25, -0.2) is 4.68 Å². The predicted molar refractivity (Wildman–Crippen MR) is 211 cm³/mol. The molecule has 0 saturated carbocycles. The molecule has 4 aromatic carbocycles. The van der Waals surface area contributed by atoms with Crippen LogP contribution in [0.25, 0.3) is 11.3 Å². The third kappa shape index (κ3) is 10.7. The Morgan fingerprint density at radius 1 is 0.709 bits per heavy atom. The maximum absolute atomic E-state index is 14.2. The number of benzene rings is 4. The second-order valence-corrected chi connectivity index (χ2v) is 13.7. The van der Waals surface area contributed by atoms with Crippen LogP contribution < -0.4 is 29.0 Å². The van der Waals surface area contributed by atoms with Crippen molar-refractivity contribution in [3.05, 3.63) is 126 Å². The van der Waals surface area contributed by atoms with E-state index in [0.717, 1.165) is 51.8 Å². The van der Waals surface area contributed by atoms with E-state index in [-0.39, 0.29) is 30.5 Å². The Bertz CT molecular complexity index is 2070. The van der Waals surface area contributed by atoms with Crippen molar-refractivity contribution in [3.8, 4) is 40.3 Å². The lowest BCUT2D eigenvalue weighted by Gasteiger charge is -2.17. The molecule has 0 unspecified atom stereocenters. The van der Waals surface area contributed by atoms with E-state index < -0.39 is 5.91 Å². The summed E-state index contributed by atoms with van der Waals surface area (Å²) in [4.78, 5) is 25.7. The van der Waals surface area contributed by atoms with Gasteiger partial charge in [0.25, 0.3) is 5.91 Å². The summed E-state index contributed by atoms with van der Waals surface area (Å²) in [6, 6.07) is 30.2. The summed E-state index contributed by atoms with van der Waals surface area (Å²) in [5.41, 5.74) is 4.96. The maximum Gasteiger partial charge on any atom is 0.266 e. The highest BCUT2D eigenvalue weighted by Gasteiger charge is 2.25. The summed E-state index contributed by atoms with van der Waals surface area (Å²) in [7, 11) is 8.87. The number of hydrogen-bond acceptors (Lipinski definition) is 12. The Morgan fingerprint density at radius 2 is 1.22 bits per heavy atom. The van der Waals surface area contributed by atoms with Gasteiger partial charge in [-0.3, -0.25) is 4.79 Å². The maximum atomic E-state index is 14.2. The Labute approximate surface area is 324 Å². The number of carbonyl (C=O) groups excluding carboxylic acids is 1. The minimum Gasteiger partial charge on any atom is -0.497 e. The van der Waals surface area contributed by atoms with Gasteiger partial charge in [0.15, 0.2) is 10.7 Å². The second kappa shape index (κ2) is 18.8. The topological polar surface area (TPSA) is 135 Å². The summed E-state index contributed by atoms with van der Waals surface area (Å²) >= 11 is 1.45. The van der Waals surface area contributed by atoms with Gasteiger partial charge in [0.05, 0.1) is 34.1 Å². The third-order valence-electron chi connectivity index (χ3n) is 8.37. The largest absolute Gasteiger partial charge is 0.497 e. The van der Waals surface area contributed by atoms with Crippen LogP contribution in [0.1, 0.15) is 27.0 Å². The molecule has 0 saturated heterocycles. The molecule has 1 amide bonds. The summed E-state index contributed by atoms with van der Waals surface area (Å²) in [5, 5.41) is 12.1. The fourth-order valence-electron chi connectivity index (χ4n) is 5.28. The quantitative estimate of drug-likeness (QED) is 0.0723. The number of thioether (sulfide) groups is 1. The Hall–Kier alpha value is -6.12. The normalized spacial score (nSPS) is 10.9. The second-order valence-electron chi connectivity index (χ2n) is 12.6. The number of ether oxygens (including phenoxy) is 5. The zero-order chi connectivity index (χ0) is 38.6. The lowest BCUT2D eigenvalue weighted by molar-refractivity contribution is 0.101. The number of hydrogen-bond donors (Lipinski definition) is 1. The zero-order valence-electron chi connectivity index (χ0n) is 31.4. The van der Waals surface area contributed by atoms with Crippen molar-refractivity contribution < 1.29 is 28.5 Å². The molecule has 0 spiro atoms. The third-order valence-corrected chi connectivity index (χ3v) is 9.20. The number of anilines is 1. The molecule has 284 valence electrons. The summed E-state index contributed by atoms with van der Waals surface area (Å²) in [5.74, 6) is 2.68. The number of carbonyl (C=O) groups is 1. The highest BCUT2D eigenvalue weighted by Crippen LogP contribution is 2.32. The van der Waals surface area contributed by atoms with E-state index in [1.807, 2.05) is 105 Å². The monoisotopic (exact) mass is 761 g/mol. The molecule has 0 bridgehead atoms. The number of amides is 1. The van der Waals surface area contributed by atoms with Crippen LogP contribution in [-0.4, -0.2) is 83.5 Å². The van der Waals surface area contributed by atoms with Crippen molar-refractivity contribution in [2.45, 2.75) is 24.9 Å². The van der Waals surface area contributed by atoms with Gasteiger partial charge in [-0.05, 0) is 79.3 Å². The first-order valence-electron chi connectivity index (χ1n) is 17.5. The zero-order valence-corrected chi connectivity index (χ0v) is 32.2. The highest BCUT2D eigenvalue weighted by molar-refractivity contribution is 7.99. The Morgan fingerprint density at radius 3 is 1.71 bits per heavy atom. The van der Waals surface area contributed by atoms with Crippen molar-refractivity contribution in [2.75, 3.05) is 53.0 Å². The lowest BCUT2D eigenvalue weighted by Crippen LogP contribution is -2.18. The van der Waals surface area contributed by atoms with Crippen LogP contribution >= 0.6 is 11.8 Å². The summed E-state index contributed by atoms with van der Waals surface area (Å²) < 4.78 is 30.2. The van der Waals surface area contributed by atoms with Crippen molar-refractivity contribution >= 4 is 23.4 Å². The molecule has 2 aromatic heterocycles. The highest BCUT2D eigenvalue weighted by atomic mass is 32.2. The SMILES string of the molecule is COc1ccc(COc2nc(SCCN(C)C)nc(OCc3ccc(OC)cc3)c2C(=O)Nc2ccc(-c3cn(Cc4ccc(OC)cc4)nn3)cc2)cc1. The molecule has 0 aliphatic carbocycles. The average molecular weight is 762 g/mol. The number of methoxy groups -OCH3 is 3. The van der Waals surface area contributed by atoms with Gasteiger partial charge < -0.3 is 33.9 Å². The fourth-order valence-corrected chi connectivity index (χ4v) is 6.21. The van der Waals surface area contributed by atoms with E-state index in [4.69, 9.17) is 33.7 Å². The molecule has 0 aliphatic heterocycles. The molecule has 6 rings (SSSR count). The molecule has 1 N–H and O–H groups in total. The Balaban J connectivity index is 1.25. The van der Waals surface area contributed by atoms with Crippen LogP contribution in [0.5, 0.6) is 29.0 Å².